The third kappa shape index (κ3) is 3.45. The Balaban J connectivity index is 1.58. The summed E-state index contributed by atoms with van der Waals surface area (Å²) in [6.07, 6.45) is 4.57. The third-order valence-corrected chi connectivity index (χ3v) is 5.09. The van der Waals surface area contributed by atoms with Gasteiger partial charge in [-0.3, -0.25) is 9.88 Å². The van der Waals surface area contributed by atoms with E-state index in [0.717, 1.165) is 50.4 Å². The molecule has 5 nitrogen and oxygen atoms in total. The molecule has 1 fully saturated rings. The molecular formula is C16H22N4OS. The highest BCUT2D eigenvalue weighted by Crippen LogP contribution is 2.21. The first-order chi connectivity index (χ1) is 10.8. The van der Waals surface area contributed by atoms with Crippen LogP contribution >= 0.6 is 11.3 Å². The summed E-state index contributed by atoms with van der Waals surface area (Å²) in [6, 6.07) is 2.00. The van der Waals surface area contributed by atoms with E-state index in [1.54, 1.807) is 23.7 Å². The minimum absolute atomic E-state index is 0.0437. The number of thiazole rings is 1. The molecule has 1 N–H and O–H groups in total. The van der Waals surface area contributed by atoms with E-state index in [1.807, 2.05) is 6.07 Å². The zero-order valence-electron chi connectivity index (χ0n) is 12.9. The molecule has 22 heavy (non-hydrogen) atoms. The van der Waals surface area contributed by atoms with E-state index >= 15 is 0 Å². The van der Waals surface area contributed by atoms with Crippen LogP contribution in [0.1, 0.15) is 23.2 Å². The number of hydrogen-bond donors (Lipinski definition) is 1. The van der Waals surface area contributed by atoms with Gasteiger partial charge in [-0.2, -0.15) is 0 Å². The maximum Gasteiger partial charge on any atom is 0.0926 e. The van der Waals surface area contributed by atoms with Crippen molar-refractivity contribution in [1.82, 2.24) is 14.9 Å². The van der Waals surface area contributed by atoms with Crippen LogP contribution < -0.4 is 4.90 Å². The van der Waals surface area contributed by atoms with Crippen LogP contribution in [0.2, 0.25) is 0 Å². The average molecular weight is 318 g/mol. The second-order valence-corrected chi connectivity index (χ2v) is 6.45. The summed E-state index contributed by atoms with van der Waals surface area (Å²) in [5.41, 5.74) is 3.21. The Morgan fingerprint density at radius 1 is 1.27 bits per heavy atom. The van der Waals surface area contributed by atoms with Gasteiger partial charge in [0.1, 0.15) is 0 Å². The number of hydrogen-bond acceptors (Lipinski definition) is 6. The number of rotatable bonds is 5. The zero-order chi connectivity index (χ0) is 15.4. The van der Waals surface area contributed by atoms with Crippen molar-refractivity contribution in [3.05, 3.63) is 40.1 Å². The molecule has 2 aromatic heterocycles. The lowest BCUT2D eigenvalue weighted by Crippen LogP contribution is -2.46. The van der Waals surface area contributed by atoms with Crippen LogP contribution in [0, 0.1) is 0 Å². The van der Waals surface area contributed by atoms with Gasteiger partial charge in [0.15, 0.2) is 0 Å². The fourth-order valence-corrected chi connectivity index (χ4v) is 3.55. The number of aryl methyl sites for hydroxylation is 1. The normalized spacial score (nSPS) is 16.2. The second kappa shape index (κ2) is 7.17. The highest BCUT2D eigenvalue weighted by molar-refractivity contribution is 7.09. The molecule has 0 aliphatic carbocycles. The van der Waals surface area contributed by atoms with E-state index in [-0.39, 0.29) is 6.61 Å². The number of anilines is 1. The van der Waals surface area contributed by atoms with Crippen LogP contribution in [0.25, 0.3) is 0 Å². The van der Waals surface area contributed by atoms with Crippen LogP contribution in [0.4, 0.5) is 5.69 Å². The van der Waals surface area contributed by atoms with Gasteiger partial charge in [0, 0.05) is 61.7 Å². The predicted octanol–water partition coefficient (Wildman–Crippen LogP) is 1.91. The van der Waals surface area contributed by atoms with Gasteiger partial charge in [0.05, 0.1) is 17.3 Å². The van der Waals surface area contributed by atoms with Gasteiger partial charge in [-0.15, -0.1) is 11.3 Å². The van der Waals surface area contributed by atoms with E-state index in [9.17, 15) is 5.11 Å². The zero-order valence-corrected chi connectivity index (χ0v) is 13.7. The van der Waals surface area contributed by atoms with Gasteiger partial charge in [-0.1, -0.05) is 6.92 Å². The summed E-state index contributed by atoms with van der Waals surface area (Å²) in [6.45, 7) is 7.12. The van der Waals surface area contributed by atoms with Crippen LogP contribution in [0.3, 0.4) is 0 Å². The monoisotopic (exact) mass is 318 g/mol. The Morgan fingerprint density at radius 2 is 2.09 bits per heavy atom. The van der Waals surface area contributed by atoms with E-state index in [0.29, 0.717) is 0 Å². The van der Waals surface area contributed by atoms with Crippen molar-refractivity contribution < 1.29 is 5.11 Å². The highest BCUT2D eigenvalue weighted by Gasteiger charge is 2.19. The number of piperazine rings is 1. The SMILES string of the molecule is CCc1nc(CN2CCN(c3ccncc3CO)CC2)cs1. The van der Waals surface area contributed by atoms with Crippen molar-refractivity contribution in [3.63, 3.8) is 0 Å². The molecular weight excluding hydrogens is 296 g/mol. The smallest absolute Gasteiger partial charge is 0.0926 e. The van der Waals surface area contributed by atoms with Crippen LogP contribution in [0.5, 0.6) is 0 Å². The first-order valence-corrected chi connectivity index (χ1v) is 8.62. The molecule has 0 unspecified atom stereocenters. The Kier molecular flexibility index (Phi) is 5.02. The van der Waals surface area contributed by atoms with Crippen molar-refractivity contribution in [1.29, 1.82) is 0 Å². The van der Waals surface area contributed by atoms with Crippen molar-refractivity contribution in [2.75, 3.05) is 31.1 Å². The van der Waals surface area contributed by atoms with Crippen molar-refractivity contribution in [2.45, 2.75) is 26.5 Å². The lowest BCUT2D eigenvalue weighted by Gasteiger charge is -2.36. The van der Waals surface area contributed by atoms with Crippen LogP contribution in [0.15, 0.2) is 23.8 Å². The molecule has 0 atom stereocenters. The molecule has 1 aliphatic rings. The molecule has 118 valence electrons. The first kappa shape index (κ1) is 15.4. The molecule has 2 aromatic rings. The quantitative estimate of drug-likeness (QED) is 0.913. The molecule has 3 heterocycles. The summed E-state index contributed by atoms with van der Waals surface area (Å²) in [5.74, 6) is 0. The molecule has 0 radical (unpaired) electrons. The summed E-state index contributed by atoms with van der Waals surface area (Å²) >= 11 is 1.76. The Bertz CT molecular complexity index is 608. The van der Waals surface area contributed by atoms with Gasteiger partial charge in [0.2, 0.25) is 0 Å². The molecule has 1 saturated heterocycles. The number of aliphatic hydroxyl groups is 1. The van der Waals surface area contributed by atoms with Gasteiger partial charge in [0.25, 0.3) is 0 Å². The summed E-state index contributed by atoms with van der Waals surface area (Å²) < 4.78 is 0. The molecule has 0 amide bonds. The maximum absolute atomic E-state index is 9.44. The van der Waals surface area contributed by atoms with Crippen molar-refractivity contribution >= 4 is 17.0 Å². The molecule has 0 aromatic carbocycles. The standard InChI is InChI=1S/C16H22N4OS/c1-2-16-18-14(12-22-16)10-19-5-7-20(8-6-19)15-3-4-17-9-13(15)11-21/h3-4,9,12,21H,2,5-8,10-11H2,1H3. The topological polar surface area (TPSA) is 52.5 Å². The molecule has 0 spiro atoms. The van der Waals surface area contributed by atoms with Crippen molar-refractivity contribution in [2.24, 2.45) is 0 Å². The highest BCUT2D eigenvalue weighted by atomic mass is 32.1. The minimum Gasteiger partial charge on any atom is -0.392 e. The third-order valence-electron chi connectivity index (χ3n) is 4.05. The van der Waals surface area contributed by atoms with E-state index in [4.69, 9.17) is 0 Å². The Labute approximate surface area is 135 Å². The van der Waals surface area contributed by atoms with Gasteiger partial charge in [-0.25, -0.2) is 4.98 Å². The molecule has 6 heteroatoms. The molecule has 1 aliphatic heterocycles. The fourth-order valence-electron chi connectivity index (χ4n) is 2.81. The first-order valence-electron chi connectivity index (χ1n) is 7.74. The summed E-state index contributed by atoms with van der Waals surface area (Å²) in [7, 11) is 0. The number of aromatic nitrogens is 2. The predicted molar refractivity (Wildman–Crippen MR) is 89.1 cm³/mol. The summed E-state index contributed by atoms with van der Waals surface area (Å²) in [5, 5.41) is 12.8. The van der Waals surface area contributed by atoms with Crippen LogP contribution in [-0.2, 0) is 19.6 Å². The number of pyridine rings is 1. The average Bonchev–Trinajstić information content (AvgIpc) is 3.03. The lowest BCUT2D eigenvalue weighted by molar-refractivity contribution is 0.246. The summed E-state index contributed by atoms with van der Waals surface area (Å²) in [4.78, 5) is 13.5. The minimum atomic E-state index is 0.0437. The Hall–Kier alpha value is -1.50. The fraction of sp³-hybridized carbons (Fsp3) is 0.500. The molecule has 0 bridgehead atoms. The van der Waals surface area contributed by atoms with Gasteiger partial charge < -0.3 is 10.0 Å². The van der Waals surface area contributed by atoms with E-state index < -0.39 is 0 Å². The molecule has 3 rings (SSSR count). The van der Waals surface area contributed by atoms with E-state index in [2.05, 4.69) is 32.1 Å². The molecule has 0 saturated carbocycles. The van der Waals surface area contributed by atoms with Crippen molar-refractivity contribution in [3.8, 4) is 0 Å². The van der Waals surface area contributed by atoms with Crippen LogP contribution in [-0.4, -0.2) is 46.2 Å². The van der Waals surface area contributed by atoms with Gasteiger partial charge >= 0.3 is 0 Å². The second-order valence-electron chi connectivity index (χ2n) is 5.51. The lowest BCUT2D eigenvalue weighted by atomic mass is 10.2. The Morgan fingerprint density at radius 3 is 2.77 bits per heavy atom. The number of nitrogens with zero attached hydrogens (tertiary/aromatic N) is 4. The maximum atomic E-state index is 9.44. The van der Waals surface area contributed by atoms with E-state index in [1.165, 1.54) is 10.7 Å². The van der Waals surface area contributed by atoms with Gasteiger partial charge in [-0.05, 0) is 12.5 Å². The number of aliphatic hydroxyl groups excluding tert-OH is 1. The largest absolute Gasteiger partial charge is 0.392 e.